The highest BCUT2D eigenvalue weighted by Crippen LogP contribution is 2.26. The minimum atomic E-state index is -0.462. The third-order valence-electron chi connectivity index (χ3n) is 2.85. The van der Waals surface area contributed by atoms with E-state index < -0.39 is 5.60 Å². The molecular formula is C10H21NO. The van der Waals surface area contributed by atoms with Gasteiger partial charge in [0, 0.05) is 18.6 Å². The van der Waals surface area contributed by atoms with Crippen LogP contribution in [-0.4, -0.2) is 34.2 Å². The number of likely N-dealkylation sites (tertiary alicyclic amines) is 1. The zero-order chi connectivity index (χ0) is 9.35. The Hall–Kier alpha value is -0.0800. The fourth-order valence-electron chi connectivity index (χ4n) is 2.01. The summed E-state index contributed by atoms with van der Waals surface area (Å²) in [6, 6.07) is 1.18. The van der Waals surface area contributed by atoms with E-state index in [1.165, 1.54) is 0 Å². The topological polar surface area (TPSA) is 23.5 Å². The first kappa shape index (κ1) is 10.0. The van der Waals surface area contributed by atoms with Crippen molar-refractivity contribution in [3.63, 3.8) is 0 Å². The van der Waals surface area contributed by atoms with Crippen LogP contribution in [0.2, 0.25) is 0 Å². The molecule has 72 valence electrons. The van der Waals surface area contributed by atoms with Crippen molar-refractivity contribution in [1.82, 2.24) is 4.90 Å². The van der Waals surface area contributed by atoms with Crippen LogP contribution in [0.1, 0.15) is 40.5 Å². The van der Waals surface area contributed by atoms with Crippen LogP contribution in [0.3, 0.4) is 0 Å². The maximum atomic E-state index is 9.87. The molecular weight excluding hydrogens is 150 g/mol. The summed E-state index contributed by atoms with van der Waals surface area (Å²) in [6.45, 7) is 9.39. The Labute approximate surface area is 75.6 Å². The summed E-state index contributed by atoms with van der Waals surface area (Å²) in [5.74, 6) is 0. The molecule has 12 heavy (non-hydrogen) atoms. The molecule has 1 aliphatic rings. The Morgan fingerprint density at radius 3 is 2.50 bits per heavy atom. The Kier molecular flexibility index (Phi) is 2.79. The van der Waals surface area contributed by atoms with Gasteiger partial charge in [-0.2, -0.15) is 0 Å². The summed E-state index contributed by atoms with van der Waals surface area (Å²) in [6.07, 6.45) is 2.06. The van der Waals surface area contributed by atoms with E-state index in [-0.39, 0.29) is 0 Å². The van der Waals surface area contributed by atoms with Crippen LogP contribution in [0.25, 0.3) is 0 Å². The molecule has 0 radical (unpaired) electrons. The molecule has 1 N–H and O–H groups in total. The van der Waals surface area contributed by atoms with Crippen molar-refractivity contribution in [2.75, 3.05) is 6.54 Å². The normalized spacial score (nSPS) is 39.0. The molecule has 0 bridgehead atoms. The number of piperidine rings is 1. The van der Waals surface area contributed by atoms with Crippen molar-refractivity contribution < 1.29 is 5.11 Å². The number of nitrogens with zero attached hydrogens (tertiary/aromatic N) is 1. The highest BCUT2D eigenvalue weighted by molar-refractivity contribution is 4.88. The summed E-state index contributed by atoms with van der Waals surface area (Å²) >= 11 is 0. The molecule has 1 saturated heterocycles. The minimum Gasteiger partial charge on any atom is -0.389 e. The van der Waals surface area contributed by atoms with Crippen LogP contribution in [0, 0.1) is 0 Å². The number of β-amino-alcohol motifs (C(OH)–C–C–N with tert-alkyl or cyclic N) is 1. The van der Waals surface area contributed by atoms with E-state index in [2.05, 4.69) is 25.7 Å². The highest BCUT2D eigenvalue weighted by Gasteiger charge is 2.33. The molecule has 0 aromatic heterocycles. The molecule has 2 nitrogen and oxygen atoms in total. The van der Waals surface area contributed by atoms with Crippen LogP contribution in [0.5, 0.6) is 0 Å². The summed E-state index contributed by atoms with van der Waals surface area (Å²) in [5, 5.41) is 9.87. The van der Waals surface area contributed by atoms with E-state index in [0.717, 1.165) is 19.4 Å². The molecule has 0 unspecified atom stereocenters. The van der Waals surface area contributed by atoms with Crippen molar-refractivity contribution in [2.24, 2.45) is 0 Å². The number of rotatable bonds is 1. The second-order valence-electron chi connectivity index (χ2n) is 4.65. The van der Waals surface area contributed by atoms with E-state index in [1.54, 1.807) is 0 Å². The lowest BCUT2D eigenvalue weighted by Gasteiger charge is -2.43. The number of hydrogen-bond acceptors (Lipinski definition) is 2. The highest BCUT2D eigenvalue weighted by atomic mass is 16.3. The fraction of sp³-hybridized carbons (Fsp3) is 1.00. The molecule has 2 heteroatoms. The quantitative estimate of drug-likeness (QED) is 0.648. The van der Waals surface area contributed by atoms with E-state index in [4.69, 9.17) is 0 Å². The average Bonchev–Trinajstić information content (AvgIpc) is 1.94. The first-order valence-corrected chi connectivity index (χ1v) is 4.90. The lowest BCUT2D eigenvalue weighted by atomic mass is 9.90. The van der Waals surface area contributed by atoms with Gasteiger partial charge in [-0.1, -0.05) is 0 Å². The lowest BCUT2D eigenvalue weighted by molar-refractivity contribution is -0.0463. The van der Waals surface area contributed by atoms with E-state index >= 15 is 0 Å². The minimum absolute atomic E-state index is 0.462. The van der Waals surface area contributed by atoms with Gasteiger partial charge in [0.1, 0.15) is 0 Å². The summed E-state index contributed by atoms with van der Waals surface area (Å²) in [5.41, 5.74) is -0.462. The van der Waals surface area contributed by atoms with Gasteiger partial charge in [0.25, 0.3) is 0 Å². The van der Waals surface area contributed by atoms with Gasteiger partial charge in [-0.15, -0.1) is 0 Å². The smallest absolute Gasteiger partial charge is 0.0746 e. The molecule has 1 heterocycles. The van der Waals surface area contributed by atoms with Crippen LogP contribution in [-0.2, 0) is 0 Å². The van der Waals surface area contributed by atoms with Gasteiger partial charge in [0.15, 0.2) is 0 Å². The van der Waals surface area contributed by atoms with Crippen molar-refractivity contribution >= 4 is 0 Å². The van der Waals surface area contributed by atoms with Crippen LogP contribution in [0.15, 0.2) is 0 Å². The first-order chi connectivity index (χ1) is 5.42. The van der Waals surface area contributed by atoms with Crippen molar-refractivity contribution in [3.05, 3.63) is 0 Å². The van der Waals surface area contributed by atoms with Gasteiger partial charge in [-0.25, -0.2) is 0 Å². The predicted molar refractivity (Wildman–Crippen MR) is 51.2 cm³/mol. The fourth-order valence-corrected chi connectivity index (χ4v) is 2.01. The van der Waals surface area contributed by atoms with Gasteiger partial charge in [0.2, 0.25) is 0 Å². The van der Waals surface area contributed by atoms with Gasteiger partial charge in [0.05, 0.1) is 5.60 Å². The first-order valence-electron chi connectivity index (χ1n) is 4.90. The SMILES string of the molecule is CC(C)N1C[C@@](C)(O)CC[C@@H]1C. The Bertz CT molecular complexity index is 154. The predicted octanol–water partition coefficient (Wildman–Crippen LogP) is 1.63. The van der Waals surface area contributed by atoms with Gasteiger partial charge in [-0.3, -0.25) is 4.90 Å². The Balaban J connectivity index is 2.59. The second kappa shape index (κ2) is 3.35. The van der Waals surface area contributed by atoms with Crippen LogP contribution < -0.4 is 0 Å². The molecule has 1 rings (SSSR count). The summed E-state index contributed by atoms with van der Waals surface area (Å²) in [4.78, 5) is 2.38. The average molecular weight is 171 g/mol. The lowest BCUT2D eigenvalue weighted by Crippen LogP contribution is -2.52. The molecule has 2 atom stereocenters. The summed E-state index contributed by atoms with van der Waals surface area (Å²) < 4.78 is 0. The molecule has 1 aliphatic heterocycles. The zero-order valence-corrected chi connectivity index (χ0v) is 8.67. The molecule has 0 spiro atoms. The largest absolute Gasteiger partial charge is 0.389 e. The number of aliphatic hydroxyl groups is 1. The van der Waals surface area contributed by atoms with Gasteiger partial charge >= 0.3 is 0 Å². The zero-order valence-electron chi connectivity index (χ0n) is 8.67. The Morgan fingerprint density at radius 2 is 2.08 bits per heavy atom. The third-order valence-corrected chi connectivity index (χ3v) is 2.85. The molecule has 1 fully saturated rings. The molecule has 0 aliphatic carbocycles. The third kappa shape index (κ3) is 2.20. The van der Waals surface area contributed by atoms with Crippen LogP contribution in [0.4, 0.5) is 0 Å². The van der Waals surface area contributed by atoms with Crippen LogP contribution >= 0.6 is 0 Å². The molecule has 0 aromatic rings. The molecule has 0 saturated carbocycles. The maximum Gasteiger partial charge on any atom is 0.0746 e. The Morgan fingerprint density at radius 1 is 1.50 bits per heavy atom. The maximum absolute atomic E-state index is 9.87. The van der Waals surface area contributed by atoms with E-state index in [9.17, 15) is 5.11 Å². The molecule has 0 aromatic carbocycles. The second-order valence-corrected chi connectivity index (χ2v) is 4.65. The van der Waals surface area contributed by atoms with Crippen molar-refractivity contribution in [1.29, 1.82) is 0 Å². The summed E-state index contributed by atoms with van der Waals surface area (Å²) in [7, 11) is 0. The van der Waals surface area contributed by atoms with E-state index in [1.807, 2.05) is 6.92 Å². The number of hydrogen-bond donors (Lipinski definition) is 1. The van der Waals surface area contributed by atoms with Crippen molar-refractivity contribution in [2.45, 2.75) is 58.2 Å². The standard InChI is InChI=1S/C10H21NO/c1-8(2)11-7-10(4,12)6-5-9(11)3/h8-9,12H,5-7H2,1-4H3/t9-,10-/m0/s1. The van der Waals surface area contributed by atoms with Gasteiger partial charge in [-0.05, 0) is 40.5 Å². The monoisotopic (exact) mass is 171 g/mol. The van der Waals surface area contributed by atoms with Crippen molar-refractivity contribution in [3.8, 4) is 0 Å². The van der Waals surface area contributed by atoms with Gasteiger partial charge < -0.3 is 5.11 Å². The molecule has 0 amide bonds. The van der Waals surface area contributed by atoms with E-state index in [0.29, 0.717) is 12.1 Å².